The Morgan fingerprint density at radius 2 is 2.04 bits per heavy atom. The van der Waals surface area contributed by atoms with E-state index >= 15 is 4.39 Å². The van der Waals surface area contributed by atoms with E-state index in [0.717, 1.165) is 47.8 Å². The molecular formula is C33H40F2N8O3. The summed E-state index contributed by atoms with van der Waals surface area (Å²) in [5.74, 6) is -0.119. The predicted molar refractivity (Wildman–Crippen MR) is 170 cm³/mol. The van der Waals surface area contributed by atoms with Crippen molar-refractivity contribution in [3.8, 4) is 17.3 Å². The van der Waals surface area contributed by atoms with E-state index in [-0.39, 0.29) is 23.8 Å². The largest absolute Gasteiger partial charge is 0.461 e. The van der Waals surface area contributed by atoms with Gasteiger partial charge in [0.15, 0.2) is 5.82 Å². The number of alkyl halides is 1. The Morgan fingerprint density at radius 1 is 1.20 bits per heavy atom. The van der Waals surface area contributed by atoms with Crippen LogP contribution in [0.2, 0.25) is 0 Å². The maximum Gasteiger partial charge on any atom is 0.407 e. The second kappa shape index (κ2) is 11.6. The number of amides is 1. The smallest absolute Gasteiger partial charge is 0.407 e. The summed E-state index contributed by atoms with van der Waals surface area (Å²) in [4.78, 5) is 30.7. The molecule has 6 heterocycles. The molecular weight excluding hydrogens is 594 g/mol. The van der Waals surface area contributed by atoms with Crippen LogP contribution in [-0.2, 0) is 4.74 Å². The molecule has 3 aliphatic rings. The first-order valence-corrected chi connectivity index (χ1v) is 16.1. The van der Waals surface area contributed by atoms with Gasteiger partial charge in [-0.2, -0.15) is 15.1 Å². The van der Waals surface area contributed by atoms with Gasteiger partial charge in [-0.15, -0.1) is 0 Å². The Morgan fingerprint density at radius 3 is 2.87 bits per heavy atom. The average molecular weight is 635 g/mol. The van der Waals surface area contributed by atoms with Crippen molar-refractivity contribution >= 4 is 33.7 Å². The summed E-state index contributed by atoms with van der Waals surface area (Å²) < 4.78 is 42.8. The third-order valence-corrected chi connectivity index (χ3v) is 9.99. The first-order valence-electron chi connectivity index (χ1n) is 16.1. The van der Waals surface area contributed by atoms with E-state index in [1.165, 1.54) is 0 Å². The minimum atomic E-state index is -0.904. The lowest BCUT2D eigenvalue weighted by atomic mass is 9.95. The van der Waals surface area contributed by atoms with Gasteiger partial charge < -0.3 is 19.7 Å². The lowest BCUT2D eigenvalue weighted by Crippen LogP contribution is -2.48. The maximum absolute atomic E-state index is 16.8. The minimum Gasteiger partial charge on any atom is -0.461 e. The van der Waals surface area contributed by atoms with E-state index in [1.54, 1.807) is 12.4 Å². The van der Waals surface area contributed by atoms with Crippen molar-refractivity contribution in [2.75, 3.05) is 44.3 Å². The molecule has 3 aromatic heterocycles. The number of ether oxygens (including phenoxy) is 2. The number of aromatic amines is 1. The molecule has 0 saturated carbocycles. The van der Waals surface area contributed by atoms with Crippen LogP contribution in [0.5, 0.6) is 6.01 Å². The van der Waals surface area contributed by atoms with Gasteiger partial charge in [-0.05, 0) is 70.2 Å². The third-order valence-electron chi connectivity index (χ3n) is 9.99. The fourth-order valence-corrected chi connectivity index (χ4v) is 7.50. The first kappa shape index (κ1) is 30.5. The summed E-state index contributed by atoms with van der Waals surface area (Å²) in [6, 6.07) is 2.01. The Bertz CT molecular complexity index is 1820. The highest BCUT2D eigenvalue weighted by Gasteiger charge is 2.49. The van der Waals surface area contributed by atoms with Crippen LogP contribution in [0, 0.1) is 19.7 Å². The predicted octanol–water partition coefficient (Wildman–Crippen LogP) is 5.38. The molecule has 2 N–H and O–H groups in total. The molecule has 3 saturated heterocycles. The van der Waals surface area contributed by atoms with Crippen LogP contribution in [-0.4, -0.2) is 92.8 Å². The van der Waals surface area contributed by atoms with Gasteiger partial charge in [-0.25, -0.2) is 13.6 Å². The molecule has 46 heavy (non-hydrogen) atoms. The van der Waals surface area contributed by atoms with Crippen LogP contribution in [0.1, 0.15) is 57.1 Å². The van der Waals surface area contributed by atoms with Gasteiger partial charge in [0.05, 0.1) is 34.8 Å². The number of halogens is 2. The number of pyridine rings is 1. The highest BCUT2D eigenvalue weighted by atomic mass is 19.1. The van der Waals surface area contributed by atoms with Crippen LogP contribution >= 0.6 is 0 Å². The molecule has 4 aromatic rings. The van der Waals surface area contributed by atoms with E-state index in [4.69, 9.17) is 14.5 Å². The Hall–Kier alpha value is -4.13. The zero-order chi connectivity index (χ0) is 32.2. The fourth-order valence-electron chi connectivity index (χ4n) is 7.50. The van der Waals surface area contributed by atoms with E-state index in [0.29, 0.717) is 55.9 Å². The first-order chi connectivity index (χ1) is 22.1. The van der Waals surface area contributed by atoms with Gasteiger partial charge in [0.25, 0.3) is 0 Å². The number of benzene rings is 1. The number of nitrogens with one attached hydrogen (secondary N) is 2. The molecule has 0 radical (unpaired) electrons. The lowest BCUT2D eigenvalue weighted by Gasteiger charge is -2.31. The van der Waals surface area contributed by atoms with Crippen molar-refractivity contribution in [2.24, 2.45) is 0 Å². The SMILES string of the molecule is CCCOC(=O)N[C@]1(C)CCN(c2nc(OC[C@@]34CCCN3C[C@H](F)C4)nc3c(F)c(-c4c(C)c(C)cc5[nH]ncc45)ncc23)C1. The highest BCUT2D eigenvalue weighted by Crippen LogP contribution is 2.42. The molecule has 0 spiro atoms. The number of carbonyl (C=O) groups is 1. The fraction of sp³-hybridized carbons (Fsp3) is 0.545. The molecule has 1 amide bonds. The van der Waals surface area contributed by atoms with E-state index in [9.17, 15) is 9.18 Å². The van der Waals surface area contributed by atoms with E-state index < -0.39 is 29.2 Å². The van der Waals surface area contributed by atoms with Gasteiger partial charge >= 0.3 is 12.1 Å². The molecule has 3 fully saturated rings. The summed E-state index contributed by atoms with van der Waals surface area (Å²) in [6.07, 6.45) is 5.47. The number of anilines is 1. The Labute approximate surface area is 266 Å². The molecule has 0 aliphatic carbocycles. The number of hydrogen-bond donors (Lipinski definition) is 2. The van der Waals surface area contributed by atoms with E-state index in [2.05, 4.69) is 30.4 Å². The maximum atomic E-state index is 16.8. The van der Waals surface area contributed by atoms with Crippen molar-refractivity contribution in [2.45, 2.75) is 77.0 Å². The summed E-state index contributed by atoms with van der Waals surface area (Å²) in [5.41, 5.74) is 2.55. The van der Waals surface area contributed by atoms with Gasteiger partial charge in [0.1, 0.15) is 29.8 Å². The monoisotopic (exact) mass is 634 g/mol. The number of carbonyl (C=O) groups excluding carboxylic acids is 1. The number of rotatable bonds is 8. The molecule has 1 aromatic carbocycles. The molecule has 3 atom stereocenters. The molecule has 3 aliphatic heterocycles. The molecule has 13 heteroatoms. The molecule has 244 valence electrons. The molecule has 7 rings (SSSR count). The molecule has 11 nitrogen and oxygen atoms in total. The quantitative estimate of drug-likeness (QED) is 0.263. The summed E-state index contributed by atoms with van der Waals surface area (Å²) in [6.45, 7) is 10.5. The topological polar surface area (TPSA) is 121 Å². The van der Waals surface area contributed by atoms with Crippen molar-refractivity contribution in [1.82, 2.24) is 35.4 Å². The minimum absolute atomic E-state index is 0.0282. The zero-order valence-electron chi connectivity index (χ0n) is 26.8. The van der Waals surface area contributed by atoms with Crippen molar-refractivity contribution in [1.29, 1.82) is 0 Å². The summed E-state index contributed by atoms with van der Waals surface area (Å²) in [5, 5.41) is 11.4. The number of aryl methyl sites for hydroxylation is 1. The number of alkyl carbamates (subject to hydrolysis) is 1. The van der Waals surface area contributed by atoms with Crippen molar-refractivity contribution in [3.63, 3.8) is 0 Å². The number of fused-ring (bicyclic) bond motifs is 3. The number of aromatic nitrogens is 5. The number of hydrogen-bond acceptors (Lipinski definition) is 9. The van der Waals surface area contributed by atoms with Crippen molar-refractivity contribution < 1.29 is 23.0 Å². The summed E-state index contributed by atoms with van der Waals surface area (Å²) >= 11 is 0. The summed E-state index contributed by atoms with van der Waals surface area (Å²) in [7, 11) is 0. The van der Waals surface area contributed by atoms with Crippen molar-refractivity contribution in [3.05, 3.63) is 35.4 Å². The van der Waals surface area contributed by atoms with Crippen LogP contribution < -0.4 is 15.0 Å². The van der Waals surface area contributed by atoms with Gasteiger partial charge in [-0.1, -0.05) is 6.92 Å². The third kappa shape index (κ3) is 5.27. The van der Waals surface area contributed by atoms with E-state index in [1.807, 2.05) is 38.7 Å². The van der Waals surface area contributed by atoms with Crippen LogP contribution in [0.3, 0.4) is 0 Å². The molecule has 0 bridgehead atoms. The van der Waals surface area contributed by atoms with Crippen LogP contribution in [0.4, 0.5) is 19.4 Å². The lowest BCUT2D eigenvalue weighted by molar-refractivity contribution is 0.107. The Kier molecular flexibility index (Phi) is 7.69. The number of nitrogens with zero attached hydrogens (tertiary/aromatic N) is 6. The highest BCUT2D eigenvalue weighted by molar-refractivity contribution is 5.99. The normalized spacial score (nSPS) is 24.7. The number of H-pyrrole nitrogens is 1. The van der Waals surface area contributed by atoms with Gasteiger partial charge in [0, 0.05) is 43.2 Å². The van der Waals surface area contributed by atoms with Gasteiger partial charge in [-0.3, -0.25) is 15.0 Å². The second-order valence-electron chi connectivity index (χ2n) is 13.4. The molecule has 0 unspecified atom stereocenters. The van der Waals surface area contributed by atoms with Crippen LogP contribution in [0.25, 0.3) is 33.1 Å². The zero-order valence-corrected chi connectivity index (χ0v) is 26.8. The second-order valence-corrected chi connectivity index (χ2v) is 13.4. The van der Waals surface area contributed by atoms with Gasteiger partial charge in [0.2, 0.25) is 0 Å². The Balaban J connectivity index is 1.29. The standard InChI is InChI=1S/C33H40F2N8O3/c1-5-11-45-31(44)40-32(4)8-10-42(17-32)29-23-14-36-28(25-20(3)19(2)12-24-22(25)15-37-41-24)26(35)27(23)38-30(39-29)46-18-33-7-6-9-43(33)16-21(34)13-33/h12,14-15,21H,5-11,13,16-18H2,1-4H3,(H,37,41)(H,40,44)/t21-,32-,33+/m1/s1. The average Bonchev–Trinajstić information content (AvgIpc) is 3.80. The van der Waals surface area contributed by atoms with Crippen LogP contribution in [0.15, 0.2) is 18.5 Å².